The Bertz CT molecular complexity index is 834. The number of nitrogens with zero attached hydrogens (tertiary/aromatic N) is 2. The molecular weight excluding hydrogens is 349 g/mol. The minimum absolute atomic E-state index is 0.0471. The van der Waals surface area contributed by atoms with Crippen LogP contribution in [0, 0.1) is 10.2 Å². The summed E-state index contributed by atoms with van der Waals surface area (Å²) in [5.74, 6) is 0. The Morgan fingerprint density at radius 1 is 1.48 bits per heavy atom. The molecule has 0 saturated heterocycles. The number of halogens is 2. The summed E-state index contributed by atoms with van der Waals surface area (Å²) in [7, 11) is 0. The van der Waals surface area contributed by atoms with E-state index in [1.165, 1.54) is 0 Å². The van der Waals surface area contributed by atoms with E-state index in [9.17, 15) is 0 Å². The SMILES string of the molecule is C=CC(C)(C)CN1Cc2cc(Cl)c(Cl)c3[nH]c(=S)n(c23)C[C@@H]1C. The van der Waals surface area contributed by atoms with Gasteiger partial charge in [0.1, 0.15) is 0 Å². The van der Waals surface area contributed by atoms with E-state index in [1.807, 2.05) is 12.1 Å². The van der Waals surface area contributed by atoms with Gasteiger partial charge in [0.15, 0.2) is 4.77 Å². The van der Waals surface area contributed by atoms with Gasteiger partial charge in [0.2, 0.25) is 0 Å². The van der Waals surface area contributed by atoms with Crippen molar-refractivity contribution in [3.05, 3.63) is 39.1 Å². The molecule has 124 valence electrons. The lowest BCUT2D eigenvalue weighted by molar-refractivity contribution is 0.144. The van der Waals surface area contributed by atoms with E-state index in [-0.39, 0.29) is 5.41 Å². The van der Waals surface area contributed by atoms with Crippen LogP contribution < -0.4 is 0 Å². The van der Waals surface area contributed by atoms with Crippen LogP contribution in [0.5, 0.6) is 0 Å². The summed E-state index contributed by atoms with van der Waals surface area (Å²) in [6.45, 7) is 13.2. The molecule has 0 aliphatic carbocycles. The predicted octanol–water partition coefficient (Wildman–Crippen LogP) is 5.42. The van der Waals surface area contributed by atoms with Crippen LogP contribution in [0.25, 0.3) is 11.0 Å². The molecule has 1 N–H and O–H groups in total. The van der Waals surface area contributed by atoms with E-state index < -0.39 is 0 Å². The number of benzene rings is 1. The van der Waals surface area contributed by atoms with Crippen molar-refractivity contribution in [3.63, 3.8) is 0 Å². The molecule has 1 aliphatic heterocycles. The maximum atomic E-state index is 6.37. The van der Waals surface area contributed by atoms with Crippen LogP contribution in [0.4, 0.5) is 0 Å². The summed E-state index contributed by atoms with van der Waals surface area (Å²) < 4.78 is 2.84. The van der Waals surface area contributed by atoms with E-state index in [4.69, 9.17) is 35.4 Å². The highest BCUT2D eigenvalue weighted by atomic mass is 35.5. The zero-order valence-electron chi connectivity index (χ0n) is 13.6. The number of aromatic amines is 1. The molecular formula is C17H21Cl2N3S. The molecule has 1 aromatic heterocycles. The molecule has 0 bridgehead atoms. The highest BCUT2D eigenvalue weighted by molar-refractivity contribution is 7.71. The molecule has 3 nitrogen and oxygen atoms in total. The normalized spacial score (nSPS) is 19.1. The zero-order valence-corrected chi connectivity index (χ0v) is 15.9. The number of rotatable bonds is 3. The van der Waals surface area contributed by atoms with Crippen molar-refractivity contribution in [2.24, 2.45) is 5.41 Å². The summed E-state index contributed by atoms with van der Waals surface area (Å²) in [5, 5.41) is 1.11. The summed E-state index contributed by atoms with van der Waals surface area (Å²) in [5.41, 5.74) is 3.13. The summed E-state index contributed by atoms with van der Waals surface area (Å²) in [6.07, 6.45) is 2.02. The van der Waals surface area contributed by atoms with E-state index in [2.05, 4.69) is 41.8 Å². The molecule has 0 radical (unpaired) electrons. The second-order valence-electron chi connectivity index (χ2n) is 7.04. The molecule has 3 rings (SSSR count). The van der Waals surface area contributed by atoms with Gasteiger partial charge >= 0.3 is 0 Å². The van der Waals surface area contributed by atoms with Gasteiger partial charge in [0, 0.05) is 25.7 Å². The van der Waals surface area contributed by atoms with Crippen molar-refractivity contribution < 1.29 is 0 Å². The Morgan fingerprint density at radius 2 is 2.17 bits per heavy atom. The molecule has 0 spiro atoms. The van der Waals surface area contributed by atoms with Gasteiger partial charge in [0.25, 0.3) is 0 Å². The maximum absolute atomic E-state index is 6.37. The minimum atomic E-state index is 0.0471. The lowest BCUT2D eigenvalue weighted by atomic mass is 9.92. The summed E-state index contributed by atoms with van der Waals surface area (Å²) in [4.78, 5) is 5.68. The second kappa shape index (κ2) is 5.92. The topological polar surface area (TPSA) is 24.0 Å². The average molecular weight is 370 g/mol. The molecule has 6 heteroatoms. The number of aromatic nitrogens is 2. The first-order chi connectivity index (χ1) is 10.7. The Balaban J connectivity index is 2.14. The van der Waals surface area contributed by atoms with Crippen molar-refractivity contribution in [3.8, 4) is 0 Å². The van der Waals surface area contributed by atoms with Crippen molar-refractivity contribution in [1.29, 1.82) is 0 Å². The van der Waals surface area contributed by atoms with Gasteiger partial charge in [-0.25, -0.2) is 0 Å². The van der Waals surface area contributed by atoms with Crippen molar-refractivity contribution in [2.75, 3.05) is 6.54 Å². The van der Waals surface area contributed by atoms with Crippen LogP contribution in [0.2, 0.25) is 10.0 Å². The van der Waals surface area contributed by atoms with E-state index in [1.54, 1.807) is 0 Å². The predicted molar refractivity (Wildman–Crippen MR) is 101 cm³/mol. The standard InChI is InChI=1S/C17H21Cl2N3S/c1-5-17(3,4)9-21-8-11-6-12(18)13(19)14-15(11)22(7-10(21)2)16(23)20-14/h5-6,10H,1,7-9H2,2-4H3,(H,20,23)/t10-/m0/s1. The van der Waals surface area contributed by atoms with Gasteiger partial charge in [-0.15, -0.1) is 6.58 Å². The highest BCUT2D eigenvalue weighted by Gasteiger charge is 2.28. The van der Waals surface area contributed by atoms with Crippen LogP contribution >= 0.6 is 35.4 Å². The number of hydrogen-bond acceptors (Lipinski definition) is 2. The number of H-pyrrole nitrogens is 1. The molecule has 1 aliphatic rings. The molecule has 1 aromatic carbocycles. The van der Waals surface area contributed by atoms with Crippen molar-refractivity contribution >= 4 is 46.5 Å². The minimum Gasteiger partial charge on any atom is -0.329 e. The Kier molecular flexibility index (Phi) is 4.38. The second-order valence-corrected chi connectivity index (χ2v) is 8.21. The fourth-order valence-electron chi connectivity index (χ4n) is 3.22. The largest absolute Gasteiger partial charge is 0.329 e. The number of hydrogen-bond donors (Lipinski definition) is 1. The van der Waals surface area contributed by atoms with Crippen LogP contribution in [0.1, 0.15) is 26.3 Å². The Labute approximate surface area is 151 Å². The van der Waals surface area contributed by atoms with Crippen LogP contribution in [-0.2, 0) is 13.1 Å². The van der Waals surface area contributed by atoms with Gasteiger partial charge in [-0.05, 0) is 36.2 Å². The van der Waals surface area contributed by atoms with Crippen molar-refractivity contribution in [2.45, 2.75) is 39.9 Å². The fraction of sp³-hybridized carbons (Fsp3) is 0.471. The molecule has 0 fully saturated rings. The highest BCUT2D eigenvalue weighted by Crippen LogP contribution is 2.36. The lowest BCUT2D eigenvalue weighted by Crippen LogP contribution is -2.40. The summed E-state index contributed by atoms with van der Waals surface area (Å²) >= 11 is 18.2. The first kappa shape index (κ1) is 17.0. The lowest BCUT2D eigenvalue weighted by Gasteiger charge is -2.34. The average Bonchev–Trinajstić information content (AvgIpc) is 2.73. The van der Waals surface area contributed by atoms with Gasteiger partial charge < -0.3 is 9.55 Å². The van der Waals surface area contributed by atoms with Gasteiger partial charge in [0.05, 0.1) is 21.1 Å². The fourth-order valence-corrected chi connectivity index (χ4v) is 3.90. The van der Waals surface area contributed by atoms with Gasteiger partial charge in [-0.1, -0.05) is 43.1 Å². The quantitative estimate of drug-likeness (QED) is 0.576. The third-order valence-electron chi connectivity index (χ3n) is 4.62. The van der Waals surface area contributed by atoms with E-state index >= 15 is 0 Å². The van der Waals surface area contributed by atoms with Crippen LogP contribution in [0.15, 0.2) is 18.7 Å². The van der Waals surface area contributed by atoms with Gasteiger partial charge in [-0.3, -0.25) is 4.90 Å². The molecule has 1 atom stereocenters. The van der Waals surface area contributed by atoms with E-state index in [0.29, 0.717) is 20.9 Å². The maximum Gasteiger partial charge on any atom is 0.178 e. The zero-order chi connectivity index (χ0) is 16.9. The molecule has 0 saturated carbocycles. The smallest absolute Gasteiger partial charge is 0.178 e. The molecule has 2 aromatic rings. The molecule has 2 heterocycles. The van der Waals surface area contributed by atoms with Crippen LogP contribution in [0.3, 0.4) is 0 Å². The molecule has 0 unspecified atom stereocenters. The van der Waals surface area contributed by atoms with Crippen LogP contribution in [-0.4, -0.2) is 27.0 Å². The molecule has 0 amide bonds. The molecule has 23 heavy (non-hydrogen) atoms. The van der Waals surface area contributed by atoms with E-state index in [0.717, 1.165) is 36.2 Å². The summed E-state index contributed by atoms with van der Waals surface area (Å²) in [6, 6.07) is 2.32. The van der Waals surface area contributed by atoms with Crippen molar-refractivity contribution in [1.82, 2.24) is 14.5 Å². The first-order valence-electron chi connectivity index (χ1n) is 7.70. The third-order valence-corrected chi connectivity index (χ3v) is 5.73. The Hall–Kier alpha value is -0.810. The third kappa shape index (κ3) is 2.98. The monoisotopic (exact) mass is 369 g/mol. The first-order valence-corrected chi connectivity index (χ1v) is 8.87. The number of nitrogens with one attached hydrogen (secondary N) is 1. The number of imidazole rings is 1. The van der Waals surface area contributed by atoms with Gasteiger partial charge in [-0.2, -0.15) is 0 Å². The Morgan fingerprint density at radius 3 is 2.83 bits per heavy atom.